The monoisotopic (exact) mass is 204 g/mol. The van der Waals surface area contributed by atoms with Crippen molar-refractivity contribution in [1.29, 1.82) is 0 Å². The van der Waals surface area contributed by atoms with E-state index in [0.717, 1.165) is 6.42 Å². The molecule has 78 valence electrons. The van der Waals surface area contributed by atoms with E-state index >= 15 is 0 Å². The second-order valence-electron chi connectivity index (χ2n) is 5.45. The average molecular weight is 204 g/mol. The van der Waals surface area contributed by atoms with E-state index in [1.807, 2.05) is 20.8 Å². The number of hydrogen-bond donors (Lipinski definition) is 0. The van der Waals surface area contributed by atoms with E-state index in [0.29, 0.717) is 0 Å². The van der Waals surface area contributed by atoms with Gasteiger partial charge >= 0.3 is 0 Å². The van der Waals surface area contributed by atoms with Gasteiger partial charge in [-0.05, 0) is 40.4 Å². The predicted molar refractivity (Wildman–Crippen MR) is 53.7 cm³/mol. The molecule has 0 aliphatic carbocycles. The first-order valence-corrected chi connectivity index (χ1v) is 8.10. The molecule has 0 radical (unpaired) electrons. The Morgan fingerprint density at radius 3 is 1.92 bits per heavy atom. The highest BCUT2D eigenvalue weighted by Gasteiger charge is 2.46. The van der Waals surface area contributed by atoms with Gasteiger partial charge in [-0.3, -0.25) is 0 Å². The molecule has 4 heteroatoms. The van der Waals surface area contributed by atoms with Gasteiger partial charge in [0.25, 0.3) is 0 Å². The summed E-state index contributed by atoms with van der Waals surface area (Å²) in [4.78, 5) is 10.4. The summed E-state index contributed by atoms with van der Waals surface area (Å²) in [5.41, 5.74) is -0.228. The summed E-state index contributed by atoms with van der Waals surface area (Å²) in [7, 11) is -1.56. The largest absolute Gasteiger partial charge is 0.389 e. The van der Waals surface area contributed by atoms with E-state index in [1.54, 1.807) is 0 Å². The summed E-state index contributed by atoms with van der Waals surface area (Å²) in [6.07, 6.45) is 0.782. The Morgan fingerprint density at radius 2 is 1.62 bits per heavy atom. The fraction of sp³-hybridized carbons (Fsp3) is 1.00. The fourth-order valence-corrected chi connectivity index (χ4v) is 3.14. The molecule has 1 unspecified atom stereocenters. The second kappa shape index (κ2) is 3.05. The van der Waals surface area contributed by atoms with Crippen molar-refractivity contribution >= 4 is 8.32 Å². The lowest BCUT2D eigenvalue weighted by Crippen LogP contribution is -2.40. The van der Waals surface area contributed by atoms with Gasteiger partial charge in [0.05, 0.1) is 0 Å². The second-order valence-corrected chi connectivity index (χ2v) is 9.88. The molecule has 1 aliphatic heterocycles. The van der Waals surface area contributed by atoms with Crippen molar-refractivity contribution in [2.24, 2.45) is 0 Å². The third-order valence-electron chi connectivity index (χ3n) is 1.71. The first-order valence-electron chi connectivity index (χ1n) is 4.69. The molecule has 0 aromatic carbocycles. The van der Waals surface area contributed by atoms with E-state index in [4.69, 9.17) is 14.2 Å². The Balaban J connectivity index is 2.60. The van der Waals surface area contributed by atoms with Gasteiger partial charge in [0, 0.05) is 6.42 Å². The minimum Gasteiger partial charge on any atom is -0.389 e. The number of hydrogen-bond acceptors (Lipinski definition) is 3. The van der Waals surface area contributed by atoms with E-state index in [-0.39, 0.29) is 5.60 Å². The van der Waals surface area contributed by atoms with E-state index < -0.39 is 14.1 Å². The first-order chi connectivity index (χ1) is 5.62. The molecule has 0 spiro atoms. The molecule has 1 rings (SSSR count). The van der Waals surface area contributed by atoms with Crippen LogP contribution in [-0.2, 0) is 14.2 Å². The summed E-state index contributed by atoms with van der Waals surface area (Å²) < 4.78 is 5.91. The zero-order valence-corrected chi connectivity index (χ0v) is 10.4. The lowest BCUT2D eigenvalue weighted by atomic mass is 10.0. The third kappa shape index (κ3) is 3.38. The smallest absolute Gasteiger partial charge is 0.192 e. The van der Waals surface area contributed by atoms with Gasteiger partial charge in [-0.1, -0.05) is 0 Å². The fourth-order valence-electron chi connectivity index (χ4n) is 1.73. The topological polar surface area (TPSA) is 27.7 Å². The molecule has 1 aliphatic rings. The molecule has 0 N–H and O–H groups in total. The molecule has 0 saturated carbocycles. The van der Waals surface area contributed by atoms with Gasteiger partial charge in [-0.15, -0.1) is 0 Å². The van der Waals surface area contributed by atoms with Crippen LogP contribution in [0.4, 0.5) is 0 Å². The molecular formula is C9H20O3Si. The van der Waals surface area contributed by atoms with Crippen LogP contribution in [-0.4, -0.2) is 19.7 Å². The molecule has 1 fully saturated rings. The molecule has 1 heterocycles. The van der Waals surface area contributed by atoms with Crippen LogP contribution in [0.3, 0.4) is 0 Å². The van der Waals surface area contributed by atoms with Crippen molar-refractivity contribution in [2.45, 2.75) is 58.2 Å². The van der Waals surface area contributed by atoms with Crippen molar-refractivity contribution < 1.29 is 14.2 Å². The molecule has 0 bridgehead atoms. The van der Waals surface area contributed by atoms with E-state index in [1.165, 1.54) is 0 Å². The molecule has 1 saturated heterocycles. The summed E-state index contributed by atoms with van der Waals surface area (Å²) in [5.74, 6) is -0.548. The van der Waals surface area contributed by atoms with E-state index in [2.05, 4.69) is 19.6 Å². The van der Waals surface area contributed by atoms with Gasteiger partial charge in [0.2, 0.25) is 0 Å². The van der Waals surface area contributed by atoms with Gasteiger partial charge in [-0.25, -0.2) is 9.78 Å². The number of rotatable bonds is 2. The van der Waals surface area contributed by atoms with Crippen LogP contribution >= 0.6 is 0 Å². The van der Waals surface area contributed by atoms with Crippen LogP contribution in [0.25, 0.3) is 0 Å². The maximum atomic E-state index is 5.91. The van der Waals surface area contributed by atoms with Crippen LogP contribution < -0.4 is 0 Å². The predicted octanol–water partition coefficient (Wildman–Crippen LogP) is 2.68. The minimum absolute atomic E-state index is 0.228. The van der Waals surface area contributed by atoms with Crippen molar-refractivity contribution in [2.75, 3.05) is 0 Å². The highest BCUT2D eigenvalue weighted by molar-refractivity contribution is 6.69. The molecular weight excluding hydrogens is 184 g/mol. The molecule has 0 aromatic rings. The molecule has 0 amide bonds. The van der Waals surface area contributed by atoms with Crippen molar-refractivity contribution in [3.8, 4) is 0 Å². The molecule has 0 aromatic heterocycles. The zero-order valence-electron chi connectivity index (χ0n) is 9.43. The maximum Gasteiger partial charge on any atom is 0.192 e. The normalized spacial score (nSPS) is 33.7. The maximum absolute atomic E-state index is 5.91. The highest BCUT2D eigenvalue weighted by Crippen LogP contribution is 2.37. The first kappa shape index (κ1) is 11.2. The Hall–Kier alpha value is 0.0969. The van der Waals surface area contributed by atoms with Crippen molar-refractivity contribution in [1.82, 2.24) is 0 Å². The highest BCUT2D eigenvalue weighted by atomic mass is 28.4. The Morgan fingerprint density at radius 1 is 1.08 bits per heavy atom. The summed E-state index contributed by atoms with van der Waals surface area (Å²) in [6.45, 7) is 12.4. The Kier molecular flexibility index (Phi) is 2.62. The Labute approximate surface area is 81.4 Å². The molecule has 3 nitrogen and oxygen atoms in total. The molecule has 13 heavy (non-hydrogen) atoms. The minimum atomic E-state index is -1.56. The van der Waals surface area contributed by atoms with Gasteiger partial charge in [-0.2, -0.15) is 0 Å². The lowest BCUT2D eigenvalue weighted by Gasteiger charge is -2.29. The summed E-state index contributed by atoms with van der Waals surface area (Å²) >= 11 is 0. The molecule has 1 atom stereocenters. The van der Waals surface area contributed by atoms with Gasteiger partial charge in [0.1, 0.15) is 5.60 Å². The quantitative estimate of drug-likeness (QED) is 0.511. The van der Waals surface area contributed by atoms with Crippen LogP contribution in [0.1, 0.15) is 27.2 Å². The van der Waals surface area contributed by atoms with Crippen LogP contribution in [0.2, 0.25) is 19.6 Å². The van der Waals surface area contributed by atoms with Crippen LogP contribution in [0.5, 0.6) is 0 Å². The van der Waals surface area contributed by atoms with Crippen LogP contribution in [0.15, 0.2) is 0 Å². The standard InChI is InChI=1S/C9H20O3Si/c1-8(2)7-9(3,11-10-8)12-13(4,5)6/h7H2,1-6H3. The van der Waals surface area contributed by atoms with Crippen molar-refractivity contribution in [3.63, 3.8) is 0 Å². The Bertz CT molecular complexity index is 198. The summed E-state index contributed by atoms with van der Waals surface area (Å²) in [6, 6.07) is 0. The lowest BCUT2D eigenvalue weighted by molar-refractivity contribution is -0.379. The SMILES string of the molecule is CC1(C)CC(C)(O[Si](C)(C)C)OO1. The third-order valence-corrected chi connectivity index (χ3v) is 2.76. The van der Waals surface area contributed by atoms with Gasteiger partial charge in [0.15, 0.2) is 14.1 Å². The van der Waals surface area contributed by atoms with E-state index in [9.17, 15) is 0 Å². The summed E-state index contributed by atoms with van der Waals surface area (Å²) in [5, 5.41) is 0. The van der Waals surface area contributed by atoms with Crippen molar-refractivity contribution in [3.05, 3.63) is 0 Å². The van der Waals surface area contributed by atoms with Crippen LogP contribution in [0, 0.1) is 0 Å². The zero-order chi connectivity index (χ0) is 10.3. The average Bonchev–Trinajstić information content (AvgIpc) is 2.00. The van der Waals surface area contributed by atoms with Gasteiger partial charge < -0.3 is 4.43 Å².